The summed E-state index contributed by atoms with van der Waals surface area (Å²) in [5.41, 5.74) is 8.79. The highest BCUT2D eigenvalue weighted by atomic mass is 32.1. The predicted molar refractivity (Wildman–Crippen MR) is 69.1 cm³/mol. The van der Waals surface area contributed by atoms with Crippen LogP contribution in [0.4, 0.5) is 0 Å². The molecule has 86 valence electrons. The molecule has 0 aliphatic heterocycles. The second kappa shape index (κ2) is 3.98. The summed E-state index contributed by atoms with van der Waals surface area (Å²) in [5, 5.41) is 2.01. The molecule has 0 saturated carbocycles. The molecular weight excluding hydrogens is 232 g/mol. The molecule has 0 spiro atoms. The summed E-state index contributed by atoms with van der Waals surface area (Å²) < 4.78 is 5.73. The monoisotopic (exact) mass is 244 g/mol. The quantitative estimate of drug-likeness (QED) is 0.752. The number of furan rings is 1. The van der Waals surface area contributed by atoms with E-state index < -0.39 is 0 Å². The Hall–Kier alpha value is -1.65. The van der Waals surface area contributed by atoms with E-state index in [-0.39, 0.29) is 6.04 Å². The molecule has 0 aliphatic carbocycles. The van der Waals surface area contributed by atoms with Crippen molar-refractivity contribution in [3.8, 4) is 0 Å². The van der Waals surface area contributed by atoms with Gasteiger partial charge in [-0.15, -0.1) is 11.3 Å². The van der Waals surface area contributed by atoms with Gasteiger partial charge in [-0.05, 0) is 30.5 Å². The summed E-state index contributed by atoms with van der Waals surface area (Å²) in [6.45, 7) is 1.96. The van der Waals surface area contributed by atoms with E-state index in [1.165, 1.54) is 0 Å². The highest BCUT2D eigenvalue weighted by Gasteiger charge is 2.15. The van der Waals surface area contributed by atoms with E-state index in [9.17, 15) is 0 Å². The minimum Gasteiger partial charge on any atom is -0.457 e. The standard InChI is InChI=1S/C13H12N2OS/c1-8-4-5-10-9(15-8)7-11(16-10)13(14)12-3-2-6-17-12/h2-7,13H,14H2,1H3. The van der Waals surface area contributed by atoms with Gasteiger partial charge in [-0.3, -0.25) is 0 Å². The smallest absolute Gasteiger partial charge is 0.152 e. The van der Waals surface area contributed by atoms with Crippen molar-refractivity contribution in [2.45, 2.75) is 13.0 Å². The highest BCUT2D eigenvalue weighted by molar-refractivity contribution is 7.10. The summed E-state index contributed by atoms with van der Waals surface area (Å²) in [4.78, 5) is 5.51. The molecule has 1 atom stereocenters. The molecular formula is C13H12N2OS. The Bertz CT molecular complexity index is 643. The van der Waals surface area contributed by atoms with E-state index in [1.807, 2.05) is 42.6 Å². The third-order valence-electron chi connectivity index (χ3n) is 2.69. The predicted octanol–water partition coefficient (Wildman–Crippen LogP) is 3.25. The Morgan fingerprint density at radius 2 is 2.24 bits per heavy atom. The summed E-state index contributed by atoms with van der Waals surface area (Å²) in [6.07, 6.45) is 0. The van der Waals surface area contributed by atoms with E-state index in [2.05, 4.69) is 4.98 Å². The molecule has 3 aromatic heterocycles. The van der Waals surface area contributed by atoms with Crippen molar-refractivity contribution in [3.05, 3.63) is 52.0 Å². The van der Waals surface area contributed by atoms with Gasteiger partial charge in [0, 0.05) is 16.6 Å². The topological polar surface area (TPSA) is 52.0 Å². The van der Waals surface area contributed by atoms with Crippen molar-refractivity contribution < 1.29 is 4.42 Å². The molecule has 0 amide bonds. The maximum Gasteiger partial charge on any atom is 0.152 e. The van der Waals surface area contributed by atoms with E-state index in [0.29, 0.717) is 0 Å². The fraction of sp³-hybridized carbons (Fsp3) is 0.154. The zero-order valence-corrected chi connectivity index (χ0v) is 10.2. The van der Waals surface area contributed by atoms with Crippen molar-refractivity contribution in [2.24, 2.45) is 5.73 Å². The molecule has 0 aromatic carbocycles. The number of hydrogen-bond acceptors (Lipinski definition) is 4. The lowest BCUT2D eigenvalue weighted by molar-refractivity contribution is 0.527. The zero-order chi connectivity index (χ0) is 11.8. The fourth-order valence-corrected chi connectivity index (χ4v) is 2.54. The van der Waals surface area contributed by atoms with Crippen molar-refractivity contribution in [3.63, 3.8) is 0 Å². The Morgan fingerprint density at radius 1 is 1.35 bits per heavy atom. The first-order valence-corrected chi connectivity index (χ1v) is 6.28. The van der Waals surface area contributed by atoms with Crippen LogP contribution in [0.25, 0.3) is 11.1 Å². The first-order valence-electron chi connectivity index (χ1n) is 5.40. The minimum atomic E-state index is -0.204. The van der Waals surface area contributed by atoms with Crippen molar-refractivity contribution >= 4 is 22.4 Å². The fourth-order valence-electron chi connectivity index (χ4n) is 1.81. The van der Waals surface area contributed by atoms with E-state index in [0.717, 1.165) is 27.4 Å². The Labute approximate surface area is 103 Å². The van der Waals surface area contributed by atoms with E-state index in [4.69, 9.17) is 10.2 Å². The van der Waals surface area contributed by atoms with Crippen LogP contribution in [0.15, 0.2) is 40.1 Å². The molecule has 3 nitrogen and oxygen atoms in total. The van der Waals surface area contributed by atoms with E-state index >= 15 is 0 Å². The highest BCUT2D eigenvalue weighted by Crippen LogP contribution is 2.28. The maximum atomic E-state index is 6.15. The first kappa shape index (κ1) is 10.5. The van der Waals surface area contributed by atoms with Crippen molar-refractivity contribution in [2.75, 3.05) is 0 Å². The van der Waals surface area contributed by atoms with Crippen LogP contribution in [0.3, 0.4) is 0 Å². The van der Waals surface area contributed by atoms with Gasteiger partial charge in [-0.25, -0.2) is 4.98 Å². The lowest BCUT2D eigenvalue weighted by Gasteiger charge is -2.04. The number of nitrogens with two attached hydrogens (primary N) is 1. The summed E-state index contributed by atoms with van der Waals surface area (Å²) in [6, 6.07) is 9.59. The molecule has 0 bridgehead atoms. The van der Waals surface area contributed by atoms with Gasteiger partial charge in [0.1, 0.15) is 11.3 Å². The summed E-state index contributed by atoms with van der Waals surface area (Å²) in [5.74, 6) is 0.764. The molecule has 0 saturated heterocycles. The van der Waals surface area contributed by atoms with Crippen LogP contribution in [-0.4, -0.2) is 4.98 Å². The van der Waals surface area contributed by atoms with Crippen LogP contribution in [-0.2, 0) is 0 Å². The van der Waals surface area contributed by atoms with Gasteiger partial charge in [0.05, 0.1) is 6.04 Å². The van der Waals surface area contributed by atoms with Gasteiger partial charge in [0.2, 0.25) is 0 Å². The number of fused-ring (bicyclic) bond motifs is 1. The van der Waals surface area contributed by atoms with Crippen LogP contribution in [0.1, 0.15) is 22.4 Å². The van der Waals surface area contributed by atoms with E-state index in [1.54, 1.807) is 11.3 Å². The van der Waals surface area contributed by atoms with Crippen LogP contribution in [0, 0.1) is 6.92 Å². The van der Waals surface area contributed by atoms with Gasteiger partial charge >= 0.3 is 0 Å². The Morgan fingerprint density at radius 3 is 3.00 bits per heavy atom. The van der Waals surface area contributed by atoms with Crippen LogP contribution < -0.4 is 5.73 Å². The lowest BCUT2D eigenvalue weighted by Crippen LogP contribution is -2.08. The summed E-state index contributed by atoms with van der Waals surface area (Å²) in [7, 11) is 0. The molecule has 0 radical (unpaired) electrons. The van der Waals surface area contributed by atoms with Gasteiger partial charge in [0.15, 0.2) is 5.58 Å². The molecule has 17 heavy (non-hydrogen) atoms. The van der Waals surface area contributed by atoms with Gasteiger partial charge < -0.3 is 10.2 Å². The molecule has 1 unspecified atom stereocenters. The van der Waals surface area contributed by atoms with Crippen LogP contribution >= 0.6 is 11.3 Å². The molecule has 0 aliphatic rings. The number of nitrogens with zero attached hydrogens (tertiary/aromatic N) is 1. The molecule has 0 fully saturated rings. The number of rotatable bonds is 2. The third kappa shape index (κ3) is 1.85. The zero-order valence-electron chi connectivity index (χ0n) is 9.38. The molecule has 3 heterocycles. The maximum absolute atomic E-state index is 6.15. The molecule has 3 rings (SSSR count). The molecule has 2 N–H and O–H groups in total. The third-order valence-corrected chi connectivity index (χ3v) is 3.64. The average Bonchev–Trinajstić information content (AvgIpc) is 2.96. The molecule has 4 heteroatoms. The minimum absolute atomic E-state index is 0.204. The van der Waals surface area contributed by atoms with Crippen LogP contribution in [0.2, 0.25) is 0 Å². The second-order valence-electron chi connectivity index (χ2n) is 3.98. The van der Waals surface area contributed by atoms with Gasteiger partial charge in [0.25, 0.3) is 0 Å². The van der Waals surface area contributed by atoms with Crippen molar-refractivity contribution in [1.29, 1.82) is 0 Å². The largest absolute Gasteiger partial charge is 0.457 e. The summed E-state index contributed by atoms with van der Waals surface area (Å²) >= 11 is 1.63. The van der Waals surface area contributed by atoms with Crippen LogP contribution in [0.5, 0.6) is 0 Å². The van der Waals surface area contributed by atoms with Gasteiger partial charge in [-0.1, -0.05) is 6.07 Å². The number of pyridine rings is 1. The molecule has 3 aromatic rings. The van der Waals surface area contributed by atoms with Gasteiger partial charge in [-0.2, -0.15) is 0 Å². The number of thiophene rings is 1. The second-order valence-corrected chi connectivity index (χ2v) is 4.96. The lowest BCUT2D eigenvalue weighted by atomic mass is 10.2. The first-order chi connectivity index (χ1) is 8.24. The normalized spacial score (nSPS) is 13.1. The SMILES string of the molecule is Cc1ccc2oc(C(N)c3cccs3)cc2n1. The number of aryl methyl sites for hydroxylation is 1. The number of aromatic nitrogens is 1. The van der Waals surface area contributed by atoms with Crippen molar-refractivity contribution in [1.82, 2.24) is 4.98 Å². The Balaban J connectivity index is 2.06. The Kier molecular flexibility index (Phi) is 2.46. The average molecular weight is 244 g/mol. The number of hydrogen-bond donors (Lipinski definition) is 1.